The first kappa shape index (κ1) is 15.3. The van der Waals surface area contributed by atoms with Crippen LogP contribution in [0.3, 0.4) is 0 Å². The van der Waals surface area contributed by atoms with Gasteiger partial charge in [0.15, 0.2) is 5.43 Å². The monoisotopic (exact) mass is 322 g/mol. The Balaban J connectivity index is 2.19. The molecule has 0 saturated carbocycles. The topological polar surface area (TPSA) is 30.2 Å². The Morgan fingerprint density at radius 2 is 1.65 bits per heavy atom. The molecule has 0 bridgehead atoms. The minimum atomic E-state index is -4.44. The third-order valence-electron chi connectivity index (χ3n) is 3.55. The van der Waals surface area contributed by atoms with Crippen molar-refractivity contribution < 1.29 is 22.0 Å². The van der Waals surface area contributed by atoms with Crippen LogP contribution in [0.15, 0.2) is 51.7 Å². The second kappa shape index (κ2) is 5.22. The molecule has 0 unspecified atom stereocenters. The minimum Gasteiger partial charge on any atom is -0.456 e. The zero-order valence-corrected chi connectivity index (χ0v) is 11.9. The number of rotatable bonds is 1. The summed E-state index contributed by atoms with van der Waals surface area (Å²) in [6.07, 6.45) is -4.44. The van der Waals surface area contributed by atoms with E-state index in [1.165, 1.54) is 25.1 Å². The highest BCUT2D eigenvalue weighted by Crippen LogP contribution is 2.32. The molecule has 23 heavy (non-hydrogen) atoms. The Kier molecular flexibility index (Phi) is 3.47. The van der Waals surface area contributed by atoms with E-state index in [0.717, 1.165) is 24.3 Å². The molecule has 2 nitrogen and oxygen atoms in total. The van der Waals surface area contributed by atoms with Gasteiger partial charge >= 0.3 is 6.18 Å². The molecule has 0 aliphatic carbocycles. The Labute approximate surface area is 128 Å². The van der Waals surface area contributed by atoms with Crippen molar-refractivity contribution in [2.24, 2.45) is 0 Å². The summed E-state index contributed by atoms with van der Waals surface area (Å²) in [6, 6.07) is 7.86. The smallest absolute Gasteiger partial charge is 0.416 e. The van der Waals surface area contributed by atoms with Crippen LogP contribution in [0.4, 0.5) is 17.6 Å². The van der Waals surface area contributed by atoms with Crippen molar-refractivity contribution in [3.63, 3.8) is 0 Å². The highest BCUT2D eigenvalue weighted by atomic mass is 19.4. The fraction of sp³-hybridized carbons (Fsp3) is 0.118. The quantitative estimate of drug-likeness (QED) is 0.595. The van der Waals surface area contributed by atoms with Gasteiger partial charge in [0.1, 0.15) is 17.2 Å². The molecule has 1 heterocycles. The fourth-order valence-corrected chi connectivity index (χ4v) is 2.35. The molecule has 0 aliphatic heterocycles. The lowest BCUT2D eigenvalue weighted by Gasteiger charge is -2.09. The van der Waals surface area contributed by atoms with Gasteiger partial charge in [0.05, 0.1) is 10.9 Å². The van der Waals surface area contributed by atoms with Crippen molar-refractivity contribution in [3.05, 3.63) is 69.6 Å². The third kappa shape index (κ3) is 2.72. The van der Waals surface area contributed by atoms with Crippen molar-refractivity contribution in [1.82, 2.24) is 0 Å². The van der Waals surface area contributed by atoms with Gasteiger partial charge in [0.2, 0.25) is 0 Å². The van der Waals surface area contributed by atoms with Gasteiger partial charge in [-0.1, -0.05) is 12.1 Å². The molecule has 0 radical (unpaired) electrons. The molecule has 6 heteroatoms. The Hall–Kier alpha value is -2.63. The first-order valence-corrected chi connectivity index (χ1v) is 6.68. The SMILES string of the molecule is Cc1c(-c2ccc(C(F)(F)F)cc2)oc2ccc(F)cc2c1=O. The molecule has 0 spiro atoms. The first-order chi connectivity index (χ1) is 10.8. The molecule has 118 valence electrons. The van der Waals surface area contributed by atoms with Gasteiger partial charge in [-0.05, 0) is 37.3 Å². The van der Waals surface area contributed by atoms with E-state index in [1.54, 1.807) is 0 Å². The van der Waals surface area contributed by atoms with Crippen LogP contribution in [0.2, 0.25) is 0 Å². The summed E-state index contributed by atoms with van der Waals surface area (Å²) in [7, 11) is 0. The van der Waals surface area contributed by atoms with Crippen molar-refractivity contribution in [2.75, 3.05) is 0 Å². The van der Waals surface area contributed by atoms with Crippen LogP contribution in [-0.2, 0) is 6.18 Å². The van der Waals surface area contributed by atoms with Gasteiger partial charge < -0.3 is 4.42 Å². The van der Waals surface area contributed by atoms with Crippen molar-refractivity contribution in [2.45, 2.75) is 13.1 Å². The summed E-state index contributed by atoms with van der Waals surface area (Å²) in [5.41, 5.74) is -0.469. The predicted molar refractivity (Wildman–Crippen MR) is 77.6 cm³/mol. The molecule has 2 aromatic carbocycles. The summed E-state index contributed by atoms with van der Waals surface area (Å²) in [4.78, 5) is 12.3. The number of hydrogen-bond acceptors (Lipinski definition) is 2. The Morgan fingerprint density at radius 1 is 1.00 bits per heavy atom. The molecule has 3 aromatic rings. The van der Waals surface area contributed by atoms with Crippen molar-refractivity contribution >= 4 is 11.0 Å². The van der Waals surface area contributed by atoms with E-state index < -0.39 is 23.0 Å². The molecule has 0 aliphatic rings. The lowest BCUT2D eigenvalue weighted by Crippen LogP contribution is -2.08. The number of benzene rings is 2. The molecule has 0 fully saturated rings. The number of hydrogen-bond donors (Lipinski definition) is 0. The number of halogens is 4. The first-order valence-electron chi connectivity index (χ1n) is 6.68. The van der Waals surface area contributed by atoms with Gasteiger partial charge in [-0.2, -0.15) is 13.2 Å². The van der Waals surface area contributed by atoms with E-state index in [-0.39, 0.29) is 22.3 Å². The zero-order chi connectivity index (χ0) is 16.8. The van der Waals surface area contributed by atoms with E-state index in [1.807, 2.05) is 0 Å². The average molecular weight is 322 g/mol. The Bertz CT molecular complexity index is 938. The highest BCUT2D eigenvalue weighted by molar-refractivity contribution is 5.80. The maximum Gasteiger partial charge on any atom is 0.416 e. The normalized spacial score (nSPS) is 11.9. The van der Waals surface area contributed by atoms with Crippen LogP contribution in [-0.4, -0.2) is 0 Å². The fourth-order valence-electron chi connectivity index (χ4n) is 2.35. The van der Waals surface area contributed by atoms with Gasteiger partial charge in [0.25, 0.3) is 0 Å². The number of alkyl halides is 3. The van der Waals surface area contributed by atoms with Crippen LogP contribution >= 0.6 is 0 Å². The predicted octanol–water partition coefficient (Wildman–Crippen LogP) is 4.93. The molecule has 0 saturated heterocycles. The van der Waals surface area contributed by atoms with E-state index in [9.17, 15) is 22.4 Å². The maximum absolute atomic E-state index is 13.2. The maximum atomic E-state index is 13.2. The third-order valence-corrected chi connectivity index (χ3v) is 3.55. The van der Waals surface area contributed by atoms with Gasteiger partial charge in [0, 0.05) is 11.1 Å². The summed E-state index contributed by atoms with van der Waals surface area (Å²) in [5, 5.41) is 0.0955. The van der Waals surface area contributed by atoms with E-state index in [0.29, 0.717) is 5.56 Å². The molecular formula is C17H10F4O2. The second-order valence-corrected chi connectivity index (χ2v) is 5.10. The molecule has 0 N–H and O–H groups in total. The summed E-state index contributed by atoms with van der Waals surface area (Å²) in [5.74, 6) is -0.394. The lowest BCUT2D eigenvalue weighted by atomic mass is 10.0. The van der Waals surface area contributed by atoms with Gasteiger partial charge in [-0.15, -0.1) is 0 Å². The van der Waals surface area contributed by atoms with E-state index >= 15 is 0 Å². The lowest BCUT2D eigenvalue weighted by molar-refractivity contribution is -0.137. The van der Waals surface area contributed by atoms with E-state index in [4.69, 9.17) is 4.42 Å². The largest absolute Gasteiger partial charge is 0.456 e. The van der Waals surface area contributed by atoms with Crippen molar-refractivity contribution in [1.29, 1.82) is 0 Å². The minimum absolute atomic E-state index is 0.0955. The molecule has 3 rings (SSSR count). The average Bonchev–Trinajstić information content (AvgIpc) is 2.51. The van der Waals surface area contributed by atoms with Crippen molar-refractivity contribution in [3.8, 4) is 11.3 Å². The standard InChI is InChI=1S/C17H10F4O2/c1-9-15(22)13-8-12(18)6-7-14(13)23-16(9)10-2-4-11(5-3-10)17(19,20)21/h2-8H,1H3. The molecule has 1 aromatic heterocycles. The van der Waals surface area contributed by atoms with Gasteiger partial charge in [-0.25, -0.2) is 4.39 Å². The van der Waals surface area contributed by atoms with Crippen LogP contribution < -0.4 is 5.43 Å². The summed E-state index contributed by atoms with van der Waals surface area (Å²) < 4.78 is 56.6. The molecule has 0 amide bonds. The number of fused-ring (bicyclic) bond motifs is 1. The molecule has 0 atom stereocenters. The van der Waals surface area contributed by atoms with Crippen LogP contribution in [0, 0.1) is 12.7 Å². The van der Waals surface area contributed by atoms with E-state index in [2.05, 4.69) is 0 Å². The molecular weight excluding hydrogens is 312 g/mol. The van der Waals surface area contributed by atoms with Crippen LogP contribution in [0.25, 0.3) is 22.3 Å². The highest BCUT2D eigenvalue weighted by Gasteiger charge is 2.30. The van der Waals surface area contributed by atoms with Gasteiger partial charge in [-0.3, -0.25) is 4.79 Å². The zero-order valence-electron chi connectivity index (χ0n) is 11.9. The summed E-state index contributed by atoms with van der Waals surface area (Å²) in [6.45, 7) is 1.49. The summed E-state index contributed by atoms with van der Waals surface area (Å²) >= 11 is 0. The van der Waals surface area contributed by atoms with Crippen LogP contribution in [0.1, 0.15) is 11.1 Å². The second-order valence-electron chi connectivity index (χ2n) is 5.10. The Morgan fingerprint density at radius 3 is 2.26 bits per heavy atom. The van der Waals surface area contributed by atoms with Crippen LogP contribution in [0.5, 0.6) is 0 Å².